The van der Waals surface area contributed by atoms with Crippen molar-refractivity contribution in [1.82, 2.24) is 15.5 Å². The van der Waals surface area contributed by atoms with E-state index in [9.17, 15) is 24.0 Å². The summed E-state index contributed by atoms with van der Waals surface area (Å²) in [5.41, 5.74) is 2.33. The van der Waals surface area contributed by atoms with E-state index >= 15 is 0 Å². The first-order chi connectivity index (χ1) is 14.7. The molecule has 0 radical (unpaired) electrons. The fourth-order valence-corrected chi connectivity index (χ4v) is 4.15. The summed E-state index contributed by atoms with van der Waals surface area (Å²) in [5.74, 6) is -2.48. The molecule has 31 heavy (non-hydrogen) atoms. The zero-order valence-corrected chi connectivity index (χ0v) is 17.5. The minimum atomic E-state index is -0.730. The van der Waals surface area contributed by atoms with Gasteiger partial charge in [0.15, 0.2) is 0 Å². The number of carbonyl (C=O) groups excluding carboxylic acids is 5. The molecule has 1 fully saturated rings. The minimum absolute atomic E-state index is 0.151. The zero-order chi connectivity index (χ0) is 22.3. The quantitative estimate of drug-likeness (QED) is 0.499. The number of imide groups is 2. The fourth-order valence-electron chi connectivity index (χ4n) is 3.77. The number of thiol groups is 1. The highest BCUT2D eigenvalue weighted by molar-refractivity contribution is 7.80. The van der Waals surface area contributed by atoms with Crippen LogP contribution in [0.15, 0.2) is 41.3 Å². The molecule has 1 saturated heterocycles. The van der Waals surface area contributed by atoms with Crippen LogP contribution >= 0.6 is 12.6 Å². The molecule has 0 aliphatic carbocycles. The molecule has 1 unspecified atom stereocenters. The van der Waals surface area contributed by atoms with Crippen molar-refractivity contribution in [2.75, 3.05) is 0 Å². The molecule has 0 saturated carbocycles. The van der Waals surface area contributed by atoms with E-state index in [-0.39, 0.29) is 42.3 Å². The van der Waals surface area contributed by atoms with Gasteiger partial charge in [-0.1, -0.05) is 12.1 Å². The smallest absolute Gasteiger partial charge is 0.259 e. The summed E-state index contributed by atoms with van der Waals surface area (Å²) in [5, 5.41) is 4.56. The van der Waals surface area contributed by atoms with Crippen LogP contribution in [0.1, 0.15) is 55.0 Å². The normalized spacial score (nSPS) is 17.9. The number of hydrogen-bond acceptors (Lipinski definition) is 6. The summed E-state index contributed by atoms with van der Waals surface area (Å²) >= 11 is 4.28. The first-order valence-electron chi connectivity index (χ1n) is 9.67. The van der Waals surface area contributed by atoms with Crippen molar-refractivity contribution in [3.8, 4) is 0 Å². The molecule has 158 valence electrons. The first-order valence-corrected chi connectivity index (χ1v) is 10.1. The summed E-state index contributed by atoms with van der Waals surface area (Å²) < 4.78 is 0. The molecular formula is C22H19N3O5S. The van der Waals surface area contributed by atoms with Gasteiger partial charge in [-0.2, -0.15) is 0 Å². The summed E-state index contributed by atoms with van der Waals surface area (Å²) in [6, 6.07) is 8.91. The lowest BCUT2D eigenvalue weighted by atomic mass is 10.0. The van der Waals surface area contributed by atoms with Crippen LogP contribution in [0, 0.1) is 6.92 Å². The second-order valence-corrected chi connectivity index (χ2v) is 8.06. The van der Waals surface area contributed by atoms with E-state index in [0.29, 0.717) is 16.0 Å². The fraction of sp³-hybridized carbons (Fsp3) is 0.227. The third kappa shape index (κ3) is 3.96. The van der Waals surface area contributed by atoms with Crippen molar-refractivity contribution < 1.29 is 24.0 Å². The molecule has 0 spiro atoms. The summed E-state index contributed by atoms with van der Waals surface area (Å²) in [6.07, 6.45) is 0.424. The predicted octanol–water partition coefficient (Wildman–Crippen LogP) is 1.61. The highest BCUT2D eigenvalue weighted by Crippen LogP contribution is 2.28. The molecule has 0 bridgehead atoms. The Balaban J connectivity index is 1.51. The summed E-state index contributed by atoms with van der Waals surface area (Å²) in [6.45, 7) is 2.08. The maximum atomic E-state index is 12.9. The summed E-state index contributed by atoms with van der Waals surface area (Å²) in [4.78, 5) is 63.3. The van der Waals surface area contributed by atoms with Crippen LogP contribution in [-0.2, 0) is 16.1 Å². The lowest BCUT2D eigenvalue weighted by Gasteiger charge is -2.29. The Morgan fingerprint density at radius 2 is 1.87 bits per heavy atom. The molecule has 8 nitrogen and oxygen atoms in total. The van der Waals surface area contributed by atoms with Gasteiger partial charge in [0.25, 0.3) is 17.7 Å². The van der Waals surface area contributed by atoms with E-state index in [4.69, 9.17) is 0 Å². The number of benzene rings is 2. The highest BCUT2D eigenvalue weighted by Gasteiger charge is 2.39. The van der Waals surface area contributed by atoms with Crippen LogP contribution in [0.25, 0.3) is 0 Å². The maximum Gasteiger partial charge on any atom is 0.259 e. The average Bonchev–Trinajstić information content (AvgIpc) is 3.03. The Hall–Kier alpha value is -3.46. The number of hydrogen-bond donors (Lipinski definition) is 3. The molecule has 0 aromatic heterocycles. The van der Waals surface area contributed by atoms with Crippen LogP contribution in [-0.4, -0.2) is 40.5 Å². The van der Waals surface area contributed by atoms with Crippen molar-refractivity contribution in [2.24, 2.45) is 0 Å². The highest BCUT2D eigenvalue weighted by atomic mass is 32.1. The molecule has 9 heteroatoms. The van der Waals surface area contributed by atoms with Gasteiger partial charge >= 0.3 is 0 Å². The Bertz CT molecular complexity index is 1160. The standard InChI is InChI=1S/C22H19N3O5S/c1-11-2-5-14(17(31)8-11)20(28)24-19(27)12-3-4-13-10-25(22(30)15(13)9-12)16-6-7-18(26)23-21(16)29/h2-5,8-9,16,31H,6-7,10H2,1H3,(H,23,26,29)(H,24,27,28). The van der Waals surface area contributed by atoms with Gasteiger partial charge in [0.05, 0.1) is 5.56 Å². The van der Waals surface area contributed by atoms with Crippen molar-refractivity contribution >= 4 is 42.2 Å². The van der Waals surface area contributed by atoms with Gasteiger partial charge in [-0.25, -0.2) is 0 Å². The van der Waals surface area contributed by atoms with E-state index in [0.717, 1.165) is 5.56 Å². The Labute approximate surface area is 183 Å². The molecule has 4 rings (SSSR count). The molecule has 2 N–H and O–H groups in total. The molecule has 2 aliphatic rings. The van der Waals surface area contributed by atoms with Gasteiger partial charge in [-0.15, -0.1) is 12.6 Å². The van der Waals surface area contributed by atoms with Crippen LogP contribution in [0.2, 0.25) is 0 Å². The number of nitrogens with one attached hydrogen (secondary N) is 2. The van der Waals surface area contributed by atoms with Gasteiger partial charge in [0, 0.05) is 29.0 Å². The van der Waals surface area contributed by atoms with E-state index < -0.39 is 23.8 Å². The van der Waals surface area contributed by atoms with Crippen molar-refractivity contribution in [2.45, 2.75) is 37.2 Å². The molecule has 2 aliphatic heterocycles. The monoisotopic (exact) mass is 437 g/mol. The van der Waals surface area contributed by atoms with E-state index in [1.165, 1.54) is 17.0 Å². The van der Waals surface area contributed by atoms with Crippen LogP contribution in [0.3, 0.4) is 0 Å². The third-order valence-corrected chi connectivity index (χ3v) is 5.79. The topological polar surface area (TPSA) is 113 Å². The lowest BCUT2D eigenvalue weighted by molar-refractivity contribution is -0.136. The second kappa shape index (κ2) is 7.99. The van der Waals surface area contributed by atoms with Crippen molar-refractivity contribution in [1.29, 1.82) is 0 Å². The van der Waals surface area contributed by atoms with Gasteiger partial charge in [-0.05, 0) is 48.7 Å². The number of nitrogens with zero attached hydrogens (tertiary/aromatic N) is 1. The van der Waals surface area contributed by atoms with E-state index in [1.807, 2.05) is 6.92 Å². The maximum absolute atomic E-state index is 12.9. The number of piperidine rings is 1. The molecule has 1 atom stereocenters. The van der Waals surface area contributed by atoms with Gasteiger partial charge in [-0.3, -0.25) is 34.6 Å². The lowest BCUT2D eigenvalue weighted by Crippen LogP contribution is -2.52. The van der Waals surface area contributed by atoms with E-state index in [2.05, 4.69) is 23.3 Å². The number of rotatable bonds is 3. The predicted molar refractivity (Wildman–Crippen MR) is 113 cm³/mol. The van der Waals surface area contributed by atoms with Crippen LogP contribution in [0.4, 0.5) is 0 Å². The van der Waals surface area contributed by atoms with Crippen LogP contribution < -0.4 is 10.6 Å². The second-order valence-electron chi connectivity index (χ2n) is 7.58. The van der Waals surface area contributed by atoms with E-state index in [1.54, 1.807) is 24.3 Å². The number of fused-ring (bicyclic) bond motifs is 1. The molecule has 2 heterocycles. The van der Waals surface area contributed by atoms with Gasteiger partial charge < -0.3 is 4.90 Å². The largest absolute Gasteiger partial charge is 0.322 e. The Morgan fingerprint density at radius 3 is 2.58 bits per heavy atom. The average molecular weight is 437 g/mol. The SMILES string of the molecule is Cc1ccc(C(=O)NC(=O)c2ccc3c(c2)C(=O)N(C2CCC(=O)NC2=O)C3)c(S)c1. The Kier molecular flexibility index (Phi) is 5.36. The number of carbonyl (C=O) groups is 5. The minimum Gasteiger partial charge on any atom is -0.322 e. The van der Waals surface area contributed by atoms with Crippen molar-refractivity contribution in [3.05, 3.63) is 64.2 Å². The van der Waals surface area contributed by atoms with Gasteiger partial charge in [0.2, 0.25) is 11.8 Å². The van der Waals surface area contributed by atoms with Crippen LogP contribution in [0.5, 0.6) is 0 Å². The summed E-state index contributed by atoms with van der Waals surface area (Å²) in [7, 11) is 0. The number of amides is 5. The van der Waals surface area contributed by atoms with Gasteiger partial charge in [0.1, 0.15) is 6.04 Å². The first kappa shape index (κ1) is 20.8. The molecular weight excluding hydrogens is 418 g/mol. The molecule has 2 aromatic rings. The number of aryl methyl sites for hydroxylation is 1. The zero-order valence-electron chi connectivity index (χ0n) is 16.6. The molecule has 5 amide bonds. The van der Waals surface area contributed by atoms with Crippen molar-refractivity contribution in [3.63, 3.8) is 0 Å². The third-order valence-electron chi connectivity index (χ3n) is 5.42. The Morgan fingerprint density at radius 1 is 1.10 bits per heavy atom. The molecule has 2 aromatic carbocycles.